The van der Waals surface area contributed by atoms with Crippen LogP contribution in [0.5, 0.6) is 0 Å². The fourth-order valence-electron chi connectivity index (χ4n) is 2.42. The van der Waals surface area contributed by atoms with Crippen LogP contribution in [-0.4, -0.2) is 23.1 Å². The minimum atomic E-state index is -0.193. The van der Waals surface area contributed by atoms with Gasteiger partial charge in [0.15, 0.2) is 0 Å². The topological polar surface area (TPSA) is 29.5 Å². The molecule has 3 heteroatoms. The quantitative estimate of drug-likeness (QED) is 0.819. The Morgan fingerprint density at radius 2 is 1.89 bits per heavy atom. The maximum Gasteiger partial charge on any atom is 0.410 e. The second-order valence-electron chi connectivity index (χ2n) is 5.45. The van der Waals surface area contributed by atoms with Gasteiger partial charge in [-0.05, 0) is 25.3 Å². The fraction of sp³-hybridized carbons (Fsp3) is 0.533. The summed E-state index contributed by atoms with van der Waals surface area (Å²) in [6.07, 6.45) is -0.190. The van der Waals surface area contributed by atoms with Gasteiger partial charge in [-0.1, -0.05) is 43.7 Å². The first-order chi connectivity index (χ1) is 8.49. The summed E-state index contributed by atoms with van der Waals surface area (Å²) in [4.78, 5) is 13.7. The summed E-state index contributed by atoms with van der Waals surface area (Å²) in [7, 11) is 0. The summed E-state index contributed by atoms with van der Waals surface area (Å²) in [6, 6.07) is 8.41. The molecule has 0 saturated carbocycles. The van der Waals surface area contributed by atoms with E-state index in [1.165, 1.54) is 5.56 Å². The van der Waals surface area contributed by atoms with Crippen LogP contribution in [0, 0.1) is 12.8 Å². The molecule has 1 aromatic carbocycles. The van der Waals surface area contributed by atoms with Crippen LogP contribution in [0.2, 0.25) is 0 Å². The molecule has 1 heterocycles. The first kappa shape index (κ1) is 12.9. The van der Waals surface area contributed by atoms with Crippen LogP contribution < -0.4 is 0 Å². The standard InChI is InChI=1S/C15H21NO2/c1-10(2)14-12(4)16(15(17)18-14)9-13-7-5-11(3)6-8-13/h5-8,10,12,14H,9H2,1-4H3/t12-,14-/m1/s1. The molecule has 2 atom stereocenters. The maximum absolute atomic E-state index is 11.9. The van der Waals surface area contributed by atoms with E-state index in [0.717, 1.165) is 5.56 Å². The van der Waals surface area contributed by atoms with Crippen molar-refractivity contribution in [1.82, 2.24) is 4.90 Å². The van der Waals surface area contributed by atoms with Crippen molar-refractivity contribution in [2.24, 2.45) is 5.92 Å². The molecule has 1 amide bonds. The van der Waals surface area contributed by atoms with Crippen molar-refractivity contribution in [3.05, 3.63) is 35.4 Å². The Morgan fingerprint density at radius 3 is 2.39 bits per heavy atom. The molecular weight excluding hydrogens is 226 g/mol. The summed E-state index contributed by atoms with van der Waals surface area (Å²) in [5.41, 5.74) is 2.38. The van der Waals surface area contributed by atoms with E-state index in [0.29, 0.717) is 12.5 Å². The van der Waals surface area contributed by atoms with Crippen LogP contribution in [0.25, 0.3) is 0 Å². The van der Waals surface area contributed by atoms with Gasteiger partial charge < -0.3 is 4.74 Å². The van der Waals surface area contributed by atoms with Crippen molar-refractivity contribution in [3.63, 3.8) is 0 Å². The SMILES string of the molecule is Cc1ccc(CN2C(=O)O[C@H](C(C)C)[C@H]2C)cc1. The number of carbonyl (C=O) groups is 1. The number of benzene rings is 1. The lowest BCUT2D eigenvalue weighted by Gasteiger charge is -2.22. The number of nitrogens with zero attached hydrogens (tertiary/aromatic N) is 1. The Morgan fingerprint density at radius 1 is 1.28 bits per heavy atom. The zero-order valence-corrected chi connectivity index (χ0v) is 11.5. The molecule has 1 fully saturated rings. The Labute approximate surface area is 109 Å². The van der Waals surface area contributed by atoms with E-state index in [2.05, 4.69) is 52.0 Å². The predicted octanol–water partition coefficient (Wildman–Crippen LogP) is 3.36. The Kier molecular flexibility index (Phi) is 3.60. The number of cyclic esters (lactones) is 1. The van der Waals surface area contributed by atoms with E-state index >= 15 is 0 Å². The number of ether oxygens (including phenoxy) is 1. The van der Waals surface area contributed by atoms with Crippen LogP contribution >= 0.6 is 0 Å². The molecule has 0 radical (unpaired) electrons. The Balaban J connectivity index is 2.09. The maximum atomic E-state index is 11.9. The third kappa shape index (κ3) is 2.50. The van der Waals surface area contributed by atoms with Crippen molar-refractivity contribution in [2.75, 3.05) is 0 Å². The van der Waals surface area contributed by atoms with Gasteiger partial charge in [0.1, 0.15) is 6.10 Å². The lowest BCUT2D eigenvalue weighted by molar-refractivity contribution is 0.104. The molecule has 1 aliphatic heterocycles. The Hall–Kier alpha value is -1.51. The summed E-state index contributed by atoms with van der Waals surface area (Å²) in [6.45, 7) is 8.92. The molecule has 0 spiro atoms. The monoisotopic (exact) mass is 247 g/mol. The number of carbonyl (C=O) groups excluding carboxylic acids is 1. The van der Waals surface area contributed by atoms with E-state index < -0.39 is 0 Å². The normalized spacial score (nSPS) is 23.6. The average Bonchev–Trinajstić information content (AvgIpc) is 2.60. The molecule has 0 N–H and O–H groups in total. The highest BCUT2D eigenvalue weighted by Gasteiger charge is 2.39. The predicted molar refractivity (Wildman–Crippen MR) is 71.3 cm³/mol. The van der Waals surface area contributed by atoms with E-state index in [1.54, 1.807) is 0 Å². The van der Waals surface area contributed by atoms with Gasteiger partial charge in [-0.2, -0.15) is 0 Å². The summed E-state index contributed by atoms with van der Waals surface area (Å²) in [5.74, 6) is 0.354. The number of aryl methyl sites for hydroxylation is 1. The summed E-state index contributed by atoms with van der Waals surface area (Å²) in [5, 5.41) is 0. The molecule has 2 rings (SSSR count). The minimum absolute atomic E-state index is 0.00273. The molecular formula is C15H21NO2. The number of amides is 1. The van der Waals surface area contributed by atoms with Crippen molar-refractivity contribution < 1.29 is 9.53 Å². The zero-order valence-electron chi connectivity index (χ0n) is 11.5. The third-order valence-electron chi connectivity index (χ3n) is 3.57. The van der Waals surface area contributed by atoms with Gasteiger partial charge in [-0.3, -0.25) is 4.90 Å². The third-order valence-corrected chi connectivity index (χ3v) is 3.57. The lowest BCUT2D eigenvalue weighted by Crippen LogP contribution is -2.35. The van der Waals surface area contributed by atoms with Crippen molar-refractivity contribution >= 4 is 6.09 Å². The van der Waals surface area contributed by atoms with Crippen LogP contribution in [0.4, 0.5) is 4.79 Å². The van der Waals surface area contributed by atoms with Gasteiger partial charge in [0.05, 0.1) is 6.04 Å². The van der Waals surface area contributed by atoms with Crippen molar-refractivity contribution in [1.29, 1.82) is 0 Å². The molecule has 1 saturated heterocycles. The first-order valence-corrected chi connectivity index (χ1v) is 6.52. The molecule has 0 aliphatic carbocycles. The number of hydrogen-bond acceptors (Lipinski definition) is 2. The second kappa shape index (κ2) is 5.01. The van der Waals surface area contributed by atoms with E-state index in [4.69, 9.17) is 4.74 Å². The molecule has 0 unspecified atom stereocenters. The highest BCUT2D eigenvalue weighted by Crippen LogP contribution is 2.26. The molecule has 18 heavy (non-hydrogen) atoms. The first-order valence-electron chi connectivity index (χ1n) is 6.52. The Bertz CT molecular complexity index is 425. The largest absolute Gasteiger partial charge is 0.444 e. The lowest BCUT2D eigenvalue weighted by atomic mass is 10.0. The number of rotatable bonds is 3. The van der Waals surface area contributed by atoms with Crippen LogP contribution in [-0.2, 0) is 11.3 Å². The number of hydrogen-bond donors (Lipinski definition) is 0. The van der Waals surface area contributed by atoms with Gasteiger partial charge in [0, 0.05) is 6.54 Å². The highest BCUT2D eigenvalue weighted by molar-refractivity contribution is 5.70. The summed E-state index contributed by atoms with van der Waals surface area (Å²) < 4.78 is 5.43. The fourth-order valence-corrected chi connectivity index (χ4v) is 2.42. The van der Waals surface area contributed by atoms with E-state index in [-0.39, 0.29) is 18.2 Å². The van der Waals surface area contributed by atoms with Gasteiger partial charge in [0.2, 0.25) is 0 Å². The van der Waals surface area contributed by atoms with Crippen molar-refractivity contribution in [2.45, 2.75) is 46.4 Å². The molecule has 0 aromatic heterocycles. The van der Waals surface area contributed by atoms with Gasteiger partial charge in [-0.25, -0.2) is 4.79 Å². The van der Waals surface area contributed by atoms with Gasteiger partial charge in [0.25, 0.3) is 0 Å². The smallest absolute Gasteiger partial charge is 0.410 e. The van der Waals surface area contributed by atoms with E-state index in [1.807, 2.05) is 4.90 Å². The molecule has 0 bridgehead atoms. The van der Waals surface area contributed by atoms with E-state index in [9.17, 15) is 4.79 Å². The average molecular weight is 247 g/mol. The molecule has 98 valence electrons. The molecule has 3 nitrogen and oxygen atoms in total. The molecule has 1 aromatic rings. The van der Waals surface area contributed by atoms with Crippen LogP contribution in [0.3, 0.4) is 0 Å². The van der Waals surface area contributed by atoms with Gasteiger partial charge in [-0.15, -0.1) is 0 Å². The van der Waals surface area contributed by atoms with Gasteiger partial charge >= 0.3 is 6.09 Å². The van der Waals surface area contributed by atoms with Crippen LogP contribution in [0.15, 0.2) is 24.3 Å². The van der Waals surface area contributed by atoms with Crippen molar-refractivity contribution in [3.8, 4) is 0 Å². The van der Waals surface area contributed by atoms with Crippen LogP contribution in [0.1, 0.15) is 31.9 Å². The second-order valence-corrected chi connectivity index (χ2v) is 5.45. The highest BCUT2D eigenvalue weighted by atomic mass is 16.6. The minimum Gasteiger partial charge on any atom is -0.444 e. The zero-order chi connectivity index (χ0) is 13.3. The molecule has 1 aliphatic rings. The summed E-state index contributed by atoms with van der Waals surface area (Å²) >= 11 is 0.